The van der Waals surface area contributed by atoms with E-state index in [0.717, 1.165) is 30.3 Å². The van der Waals surface area contributed by atoms with Crippen molar-refractivity contribution < 1.29 is 32.6 Å². The number of carbonyl (C=O) groups is 2. The number of nitrogens with one attached hydrogen (secondary N) is 1. The van der Waals surface area contributed by atoms with Gasteiger partial charge in [0.25, 0.3) is 0 Å². The molecule has 0 spiro atoms. The topological polar surface area (TPSA) is 118 Å². The number of amides is 1. The fourth-order valence-electron chi connectivity index (χ4n) is 3.44. The molecule has 2 aromatic heterocycles. The van der Waals surface area contributed by atoms with Crippen LogP contribution in [0.25, 0.3) is 0 Å². The van der Waals surface area contributed by atoms with Crippen LogP contribution >= 0.6 is 11.3 Å². The van der Waals surface area contributed by atoms with E-state index in [1.807, 2.05) is 6.92 Å². The number of nitrogens with zero attached hydrogens (tertiary/aromatic N) is 4. The van der Waals surface area contributed by atoms with Crippen molar-refractivity contribution in [2.45, 2.75) is 25.7 Å². The summed E-state index contributed by atoms with van der Waals surface area (Å²) in [5, 5.41) is 13.2. The molecule has 2 aliphatic heterocycles. The van der Waals surface area contributed by atoms with Crippen LogP contribution in [0, 0.1) is 18.8 Å². The Bertz CT molecular complexity index is 911. The zero-order valence-corrected chi connectivity index (χ0v) is 17.2. The molecular weight excluding hydrogens is 439 g/mol. The number of ether oxygens (including phenoxy) is 1. The van der Waals surface area contributed by atoms with Crippen LogP contribution < -0.4 is 5.32 Å². The summed E-state index contributed by atoms with van der Waals surface area (Å²) in [5.41, 5.74) is 1.06. The van der Waals surface area contributed by atoms with Crippen LogP contribution in [0.4, 0.5) is 19.0 Å². The number of fused-ring (bicyclic) bond motifs is 1. The molecule has 0 aliphatic carbocycles. The van der Waals surface area contributed by atoms with E-state index in [1.165, 1.54) is 0 Å². The molecule has 9 nitrogen and oxygen atoms in total. The third kappa shape index (κ3) is 6.18. The molecule has 0 radical (unpaired) electrons. The number of likely N-dealkylation sites (tertiary alicyclic amines) is 1. The third-order valence-electron chi connectivity index (χ3n) is 4.81. The van der Waals surface area contributed by atoms with Crippen LogP contribution in [-0.4, -0.2) is 68.8 Å². The van der Waals surface area contributed by atoms with Crippen molar-refractivity contribution in [2.24, 2.45) is 11.8 Å². The molecule has 0 saturated carbocycles. The van der Waals surface area contributed by atoms with Crippen molar-refractivity contribution in [1.82, 2.24) is 19.9 Å². The molecular formula is C18H20F3N5O4S. The lowest BCUT2D eigenvalue weighted by molar-refractivity contribution is -0.192. The van der Waals surface area contributed by atoms with Gasteiger partial charge >= 0.3 is 12.1 Å². The first-order valence-electron chi connectivity index (χ1n) is 9.25. The summed E-state index contributed by atoms with van der Waals surface area (Å²) in [6.45, 7) is 5.04. The Kier molecular flexibility index (Phi) is 7.18. The largest absolute Gasteiger partial charge is 0.490 e. The Hall–Kier alpha value is -2.64. The molecule has 168 valence electrons. The Morgan fingerprint density at radius 3 is 2.68 bits per heavy atom. The highest BCUT2D eigenvalue weighted by atomic mass is 32.1. The Labute approximate surface area is 179 Å². The monoisotopic (exact) mass is 459 g/mol. The van der Waals surface area contributed by atoms with Gasteiger partial charge in [-0.15, -0.1) is 11.3 Å². The minimum atomic E-state index is -5.08. The number of hydrogen-bond donors (Lipinski definition) is 2. The summed E-state index contributed by atoms with van der Waals surface area (Å²) in [6, 6.07) is 0. The third-order valence-corrected chi connectivity index (χ3v) is 5.76. The van der Waals surface area contributed by atoms with Gasteiger partial charge in [-0.25, -0.2) is 14.8 Å². The highest BCUT2D eigenvalue weighted by molar-refractivity contribution is 7.09. The highest BCUT2D eigenvalue weighted by Gasteiger charge is 2.47. The van der Waals surface area contributed by atoms with Gasteiger partial charge in [0.15, 0.2) is 5.82 Å². The van der Waals surface area contributed by atoms with Crippen molar-refractivity contribution >= 4 is 29.0 Å². The van der Waals surface area contributed by atoms with E-state index in [2.05, 4.69) is 30.5 Å². The summed E-state index contributed by atoms with van der Waals surface area (Å²) < 4.78 is 37.6. The summed E-state index contributed by atoms with van der Waals surface area (Å²) in [5.74, 6) is -2.22. The van der Waals surface area contributed by atoms with Crippen molar-refractivity contribution in [2.75, 3.05) is 25.0 Å². The number of halogens is 3. The van der Waals surface area contributed by atoms with Gasteiger partial charge in [-0.05, 0) is 6.92 Å². The molecule has 2 saturated heterocycles. The minimum absolute atomic E-state index is 0.0325. The smallest absolute Gasteiger partial charge is 0.475 e. The number of thiazole rings is 1. The van der Waals surface area contributed by atoms with Crippen LogP contribution in [0.2, 0.25) is 0 Å². The van der Waals surface area contributed by atoms with Crippen LogP contribution in [-0.2, 0) is 20.9 Å². The van der Waals surface area contributed by atoms with Gasteiger partial charge in [0.1, 0.15) is 5.01 Å². The lowest BCUT2D eigenvalue weighted by Gasteiger charge is -2.18. The van der Waals surface area contributed by atoms with E-state index in [0.29, 0.717) is 12.4 Å². The number of carboxylic acids is 1. The molecule has 2 N–H and O–H groups in total. The van der Waals surface area contributed by atoms with Crippen LogP contribution in [0.3, 0.4) is 0 Å². The number of rotatable bonds is 4. The number of hydrogen-bond acceptors (Lipinski definition) is 8. The molecule has 2 fully saturated rings. The SMILES string of the molecule is Cc1csc(CN2C[C@@H]3[C@@H](C(=O)Nc4cnccn4)CO[C@@H]3C2)n1.O=C(O)C(F)(F)F. The quantitative estimate of drug-likeness (QED) is 0.713. The van der Waals surface area contributed by atoms with Gasteiger partial charge < -0.3 is 15.2 Å². The average Bonchev–Trinajstić information content (AvgIpc) is 3.38. The summed E-state index contributed by atoms with van der Waals surface area (Å²) in [6.07, 6.45) is -0.253. The van der Waals surface area contributed by atoms with E-state index in [-0.39, 0.29) is 23.8 Å². The van der Waals surface area contributed by atoms with E-state index >= 15 is 0 Å². The Balaban J connectivity index is 0.000000339. The van der Waals surface area contributed by atoms with E-state index in [9.17, 15) is 18.0 Å². The standard InChI is InChI=1S/C16H19N5O2S.C2HF3O2/c1-10-9-24-15(19-10)7-21-5-11-12(8-23-13(11)6-21)16(22)20-14-4-17-2-3-18-14;3-2(4,5)1(6)7/h2-4,9,11-13H,5-8H2,1H3,(H,18,20,22);(H,6,7)/t11-,12+,13-;/m1./s1. The van der Waals surface area contributed by atoms with Crippen molar-refractivity contribution in [3.8, 4) is 0 Å². The predicted molar refractivity (Wildman–Crippen MR) is 103 cm³/mol. The van der Waals surface area contributed by atoms with E-state index in [1.54, 1.807) is 29.9 Å². The maximum atomic E-state index is 12.5. The number of carboxylic acid groups (broad SMARTS) is 1. The lowest BCUT2D eigenvalue weighted by atomic mass is 9.92. The molecule has 4 rings (SSSR count). The first-order chi connectivity index (χ1) is 14.6. The molecule has 2 aliphatic rings. The second-order valence-electron chi connectivity index (χ2n) is 7.10. The van der Waals surface area contributed by atoms with Gasteiger partial charge in [0.2, 0.25) is 5.91 Å². The minimum Gasteiger partial charge on any atom is -0.475 e. The van der Waals surface area contributed by atoms with Crippen molar-refractivity contribution in [1.29, 1.82) is 0 Å². The van der Waals surface area contributed by atoms with Crippen molar-refractivity contribution in [3.05, 3.63) is 34.7 Å². The fourth-order valence-corrected chi connectivity index (χ4v) is 4.26. The van der Waals surface area contributed by atoms with E-state index < -0.39 is 12.1 Å². The number of aliphatic carboxylic acids is 1. The first kappa shape index (κ1) is 23.0. The van der Waals surface area contributed by atoms with Crippen molar-refractivity contribution in [3.63, 3.8) is 0 Å². The average molecular weight is 459 g/mol. The maximum absolute atomic E-state index is 12.5. The zero-order valence-electron chi connectivity index (χ0n) is 16.4. The first-order valence-corrected chi connectivity index (χ1v) is 10.1. The molecule has 31 heavy (non-hydrogen) atoms. The summed E-state index contributed by atoms with van der Waals surface area (Å²) >= 11 is 1.69. The fraction of sp³-hybridized carbons (Fsp3) is 0.500. The number of aryl methyl sites for hydroxylation is 1. The molecule has 1 amide bonds. The molecule has 2 aromatic rings. The number of aromatic nitrogens is 3. The normalized spacial score (nSPS) is 23.0. The van der Waals surface area contributed by atoms with Gasteiger partial charge in [0, 0.05) is 42.5 Å². The zero-order chi connectivity index (χ0) is 22.6. The molecule has 13 heteroatoms. The van der Waals surface area contributed by atoms with Crippen LogP contribution in [0.15, 0.2) is 24.0 Å². The Morgan fingerprint density at radius 1 is 1.35 bits per heavy atom. The molecule has 0 aromatic carbocycles. The molecule has 4 heterocycles. The lowest BCUT2D eigenvalue weighted by Crippen LogP contribution is -2.32. The molecule has 0 bridgehead atoms. The van der Waals surface area contributed by atoms with Gasteiger partial charge in [0.05, 0.1) is 31.4 Å². The molecule has 3 atom stereocenters. The van der Waals surface area contributed by atoms with Gasteiger partial charge in [-0.2, -0.15) is 13.2 Å². The van der Waals surface area contributed by atoms with Gasteiger partial charge in [-0.1, -0.05) is 0 Å². The van der Waals surface area contributed by atoms with Gasteiger partial charge in [-0.3, -0.25) is 14.7 Å². The second kappa shape index (κ2) is 9.66. The maximum Gasteiger partial charge on any atom is 0.490 e. The second-order valence-corrected chi connectivity index (χ2v) is 8.04. The number of anilines is 1. The van der Waals surface area contributed by atoms with E-state index in [4.69, 9.17) is 14.6 Å². The van der Waals surface area contributed by atoms with Crippen LogP contribution in [0.5, 0.6) is 0 Å². The number of carbonyl (C=O) groups excluding carboxylic acids is 1. The number of alkyl halides is 3. The predicted octanol–water partition coefficient (Wildman–Crippen LogP) is 1.96. The summed E-state index contributed by atoms with van der Waals surface area (Å²) in [4.78, 5) is 36.3. The molecule has 0 unspecified atom stereocenters. The summed E-state index contributed by atoms with van der Waals surface area (Å²) in [7, 11) is 0. The van der Waals surface area contributed by atoms with Crippen LogP contribution in [0.1, 0.15) is 10.7 Å². The highest BCUT2D eigenvalue weighted by Crippen LogP contribution is 2.35. The Morgan fingerprint density at radius 2 is 2.10 bits per heavy atom.